The number of nitrogens with one attached hydrogen (secondary N) is 1. The molecule has 2 rings (SSSR count). The zero-order valence-corrected chi connectivity index (χ0v) is 18.7. The molecule has 2 aromatic rings. The molecule has 0 spiro atoms. The fourth-order valence-corrected chi connectivity index (χ4v) is 3.87. The number of likely N-dealkylation sites (N-methyl/N-ethyl adjacent to an activating group) is 1. The van der Waals surface area contributed by atoms with Crippen molar-refractivity contribution < 1.29 is 32.2 Å². The average Bonchev–Trinajstić information content (AvgIpc) is 2.78. The first-order valence-corrected chi connectivity index (χ1v) is 10.4. The van der Waals surface area contributed by atoms with Crippen molar-refractivity contribution in [3.05, 3.63) is 42.0 Å². The van der Waals surface area contributed by atoms with E-state index < -0.39 is 22.5 Å². The van der Waals surface area contributed by atoms with Crippen molar-refractivity contribution in [2.24, 2.45) is 5.10 Å². The molecule has 0 unspecified atom stereocenters. The van der Waals surface area contributed by atoms with E-state index in [1.54, 1.807) is 24.3 Å². The van der Waals surface area contributed by atoms with E-state index in [4.69, 9.17) is 18.9 Å². The highest BCUT2D eigenvalue weighted by atomic mass is 32.2. The van der Waals surface area contributed by atoms with E-state index in [9.17, 15) is 13.2 Å². The monoisotopic (exact) mass is 451 g/mol. The van der Waals surface area contributed by atoms with Crippen molar-refractivity contribution in [1.82, 2.24) is 9.73 Å². The molecule has 0 bridgehead atoms. The van der Waals surface area contributed by atoms with Crippen molar-refractivity contribution in [3.8, 4) is 23.0 Å². The number of carbonyl (C=O) groups excluding carboxylic acids is 1. The lowest BCUT2D eigenvalue weighted by molar-refractivity contribution is -0.121. The van der Waals surface area contributed by atoms with Crippen molar-refractivity contribution >= 4 is 22.1 Å². The molecule has 31 heavy (non-hydrogen) atoms. The van der Waals surface area contributed by atoms with Crippen LogP contribution in [0.1, 0.15) is 5.56 Å². The largest absolute Gasteiger partial charge is 0.497 e. The summed E-state index contributed by atoms with van der Waals surface area (Å²) in [5.74, 6) is 0.963. The Bertz CT molecular complexity index is 1050. The first-order chi connectivity index (χ1) is 14.8. The summed E-state index contributed by atoms with van der Waals surface area (Å²) in [5, 5.41) is 3.86. The second kappa shape index (κ2) is 10.6. The van der Waals surface area contributed by atoms with Crippen LogP contribution in [0.2, 0.25) is 0 Å². The van der Waals surface area contributed by atoms with Gasteiger partial charge in [-0.15, -0.1) is 0 Å². The fourth-order valence-electron chi connectivity index (χ4n) is 2.57. The molecular formula is C20H25N3O7S. The van der Waals surface area contributed by atoms with Gasteiger partial charge in [0.1, 0.15) is 27.9 Å². The molecule has 0 aliphatic carbocycles. The highest BCUT2D eigenvalue weighted by molar-refractivity contribution is 7.89. The minimum Gasteiger partial charge on any atom is -0.497 e. The van der Waals surface area contributed by atoms with Gasteiger partial charge in [0.15, 0.2) is 0 Å². The molecule has 0 atom stereocenters. The number of hydrogen-bond acceptors (Lipinski definition) is 8. The number of carbonyl (C=O) groups is 1. The van der Waals surface area contributed by atoms with Gasteiger partial charge in [0, 0.05) is 24.7 Å². The SMILES string of the molecule is COc1ccc(/C=N/NC(=O)CN(C)S(=O)(=O)c2cc(OC)ccc2OC)c(OC)c1. The van der Waals surface area contributed by atoms with Crippen LogP contribution in [-0.2, 0) is 14.8 Å². The van der Waals surface area contributed by atoms with Crippen LogP contribution in [0.5, 0.6) is 23.0 Å². The Balaban J connectivity index is 2.10. The molecule has 0 heterocycles. The molecule has 2 aromatic carbocycles. The van der Waals surface area contributed by atoms with E-state index >= 15 is 0 Å². The van der Waals surface area contributed by atoms with Crippen LogP contribution in [0, 0.1) is 0 Å². The number of sulfonamides is 1. The summed E-state index contributed by atoms with van der Waals surface area (Å²) in [6.45, 7) is -0.459. The third-order valence-corrected chi connectivity index (χ3v) is 6.08. The Morgan fingerprint density at radius 2 is 1.58 bits per heavy atom. The van der Waals surface area contributed by atoms with E-state index in [0.717, 1.165) is 4.31 Å². The van der Waals surface area contributed by atoms with Crippen LogP contribution in [0.4, 0.5) is 0 Å². The van der Waals surface area contributed by atoms with Gasteiger partial charge in [0.05, 0.1) is 41.2 Å². The highest BCUT2D eigenvalue weighted by Crippen LogP contribution is 2.30. The van der Waals surface area contributed by atoms with Crippen molar-refractivity contribution in [3.63, 3.8) is 0 Å². The number of amides is 1. The highest BCUT2D eigenvalue weighted by Gasteiger charge is 2.27. The summed E-state index contributed by atoms with van der Waals surface area (Å²) in [5.41, 5.74) is 2.90. The molecule has 10 nitrogen and oxygen atoms in total. The van der Waals surface area contributed by atoms with Crippen LogP contribution in [0.25, 0.3) is 0 Å². The maximum atomic E-state index is 12.9. The Labute approximate surface area is 181 Å². The van der Waals surface area contributed by atoms with Crippen LogP contribution >= 0.6 is 0 Å². The second-order valence-corrected chi connectivity index (χ2v) is 8.19. The molecular weight excluding hydrogens is 426 g/mol. The van der Waals surface area contributed by atoms with Gasteiger partial charge in [-0.3, -0.25) is 4.79 Å². The third-order valence-electron chi connectivity index (χ3n) is 4.26. The molecule has 1 N–H and O–H groups in total. The minimum atomic E-state index is -4.02. The molecule has 0 radical (unpaired) electrons. The summed E-state index contributed by atoms with van der Waals surface area (Å²) in [6.07, 6.45) is 1.38. The standard InChI is InChI=1S/C20H25N3O7S/c1-23(31(25,26)19-11-16(28-3)8-9-17(19)29-4)13-20(24)22-21-12-14-6-7-15(27-2)10-18(14)30-5/h6-12H,13H2,1-5H3,(H,22,24)/b21-12+. The van der Waals surface area contributed by atoms with E-state index in [1.165, 1.54) is 53.8 Å². The van der Waals surface area contributed by atoms with Crippen LogP contribution < -0.4 is 24.4 Å². The quantitative estimate of drug-likeness (QED) is 0.430. The molecule has 0 aliphatic heterocycles. The van der Waals surface area contributed by atoms with E-state index in [0.29, 0.717) is 22.8 Å². The zero-order valence-electron chi connectivity index (χ0n) is 17.9. The van der Waals surface area contributed by atoms with Crippen LogP contribution in [0.15, 0.2) is 46.4 Å². The van der Waals surface area contributed by atoms with Gasteiger partial charge in [-0.05, 0) is 24.3 Å². The molecule has 0 fully saturated rings. The number of methoxy groups -OCH3 is 4. The maximum absolute atomic E-state index is 12.9. The number of rotatable bonds is 10. The van der Waals surface area contributed by atoms with Crippen molar-refractivity contribution in [1.29, 1.82) is 0 Å². The normalized spacial score (nSPS) is 11.4. The lowest BCUT2D eigenvalue weighted by Gasteiger charge is -2.18. The minimum absolute atomic E-state index is 0.115. The Morgan fingerprint density at radius 3 is 2.19 bits per heavy atom. The lowest BCUT2D eigenvalue weighted by Crippen LogP contribution is -2.36. The second-order valence-electron chi connectivity index (χ2n) is 6.18. The molecule has 1 amide bonds. The predicted molar refractivity (Wildman–Crippen MR) is 115 cm³/mol. The third kappa shape index (κ3) is 5.86. The van der Waals surface area contributed by atoms with Crippen LogP contribution in [-0.4, -0.2) is 66.9 Å². The molecule has 0 aromatic heterocycles. The Morgan fingerprint density at radius 1 is 0.968 bits per heavy atom. The first-order valence-electron chi connectivity index (χ1n) is 8.99. The topological polar surface area (TPSA) is 116 Å². The van der Waals surface area contributed by atoms with Gasteiger partial charge in [-0.2, -0.15) is 9.41 Å². The van der Waals surface area contributed by atoms with E-state index in [1.807, 2.05) is 0 Å². The van der Waals surface area contributed by atoms with Gasteiger partial charge in [0.2, 0.25) is 10.0 Å². The maximum Gasteiger partial charge on any atom is 0.255 e. The molecule has 0 saturated carbocycles. The van der Waals surface area contributed by atoms with E-state index in [-0.39, 0.29) is 10.6 Å². The summed E-state index contributed by atoms with van der Waals surface area (Å²) in [4.78, 5) is 12.1. The molecule has 11 heteroatoms. The number of nitrogens with zero attached hydrogens (tertiary/aromatic N) is 2. The summed E-state index contributed by atoms with van der Waals surface area (Å²) >= 11 is 0. The first kappa shape index (κ1) is 24.0. The Hall–Kier alpha value is -3.31. The van der Waals surface area contributed by atoms with Gasteiger partial charge < -0.3 is 18.9 Å². The van der Waals surface area contributed by atoms with Gasteiger partial charge in [0.25, 0.3) is 5.91 Å². The number of hydrazone groups is 1. The smallest absolute Gasteiger partial charge is 0.255 e. The molecule has 168 valence electrons. The number of hydrogen-bond donors (Lipinski definition) is 1. The fraction of sp³-hybridized carbons (Fsp3) is 0.300. The number of ether oxygens (including phenoxy) is 4. The van der Waals surface area contributed by atoms with Crippen molar-refractivity contribution in [2.75, 3.05) is 42.0 Å². The Kier molecular flexibility index (Phi) is 8.22. The van der Waals surface area contributed by atoms with Gasteiger partial charge in [-0.25, -0.2) is 13.8 Å². The molecule has 0 saturated heterocycles. The summed E-state index contributed by atoms with van der Waals surface area (Å²) < 4.78 is 47.3. The lowest BCUT2D eigenvalue weighted by atomic mass is 10.2. The zero-order chi connectivity index (χ0) is 23.0. The van der Waals surface area contributed by atoms with Crippen LogP contribution in [0.3, 0.4) is 0 Å². The summed E-state index contributed by atoms with van der Waals surface area (Å²) in [6, 6.07) is 9.48. The van der Waals surface area contributed by atoms with Gasteiger partial charge in [-0.1, -0.05) is 0 Å². The van der Waals surface area contributed by atoms with E-state index in [2.05, 4.69) is 10.5 Å². The van der Waals surface area contributed by atoms with Gasteiger partial charge >= 0.3 is 0 Å². The molecule has 0 aliphatic rings. The summed E-state index contributed by atoms with van der Waals surface area (Å²) in [7, 11) is 3.07. The predicted octanol–water partition coefficient (Wildman–Crippen LogP) is 1.49. The average molecular weight is 452 g/mol. The van der Waals surface area contributed by atoms with Crippen molar-refractivity contribution in [2.45, 2.75) is 4.90 Å². The number of benzene rings is 2.